The lowest BCUT2D eigenvalue weighted by molar-refractivity contribution is -0.137. The lowest BCUT2D eigenvalue weighted by Crippen LogP contribution is -2.31. The van der Waals surface area contributed by atoms with Gasteiger partial charge in [0.1, 0.15) is 17.3 Å². The van der Waals surface area contributed by atoms with E-state index >= 15 is 0 Å². The Morgan fingerprint density at radius 3 is 2.29 bits per heavy atom. The summed E-state index contributed by atoms with van der Waals surface area (Å²) in [5.41, 5.74) is 0.762. The third-order valence-electron chi connectivity index (χ3n) is 3.75. The zero-order valence-electron chi connectivity index (χ0n) is 12.8. The van der Waals surface area contributed by atoms with E-state index in [9.17, 15) is 18.4 Å². The molecule has 2 aromatic carbocycles. The van der Waals surface area contributed by atoms with Crippen molar-refractivity contribution in [3.05, 3.63) is 77.0 Å². The molecule has 0 unspecified atom stereocenters. The van der Waals surface area contributed by atoms with Crippen molar-refractivity contribution >= 4 is 17.5 Å². The topological polar surface area (TPSA) is 49.4 Å². The second-order valence-corrected chi connectivity index (χ2v) is 5.46. The van der Waals surface area contributed by atoms with Gasteiger partial charge < -0.3 is 5.32 Å². The standard InChI is InChI=1S/C18H14F2N2O2/c1-11-14(19)7-13(8-15(11)20)21-16-9-17(23)22(18(16)24)10-12-5-3-2-4-6-12/h2-9,21H,10H2,1H3. The molecule has 0 aliphatic carbocycles. The van der Waals surface area contributed by atoms with Gasteiger partial charge in [0.15, 0.2) is 0 Å². The van der Waals surface area contributed by atoms with Gasteiger partial charge in [-0.25, -0.2) is 8.78 Å². The third kappa shape index (κ3) is 3.03. The van der Waals surface area contributed by atoms with E-state index in [0.717, 1.165) is 28.7 Å². The van der Waals surface area contributed by atoms with Crippen LogP contribution in [0.1, 0.15) is 11.1 Å². The van der Waals surface area contributed by atoms with Gasteiger partial charge in [0.2, 0.25) is 0 Å². The van der Waals surface area contributed by atoms with E-state index in [2.05, 4.69) is 5.32 Å². The van der Waals surface area contributed by atoms with E-state index < -0.39 is 23.4 Å². The van der Waals surface area contributed by atoms with Crippen LogP contribution in [0.15, 0.2) is 54.2 Å². The minimum atomic E-state index is -0.726. The van der Waals surface area contributed by atoms with Crippen LogP contribution >= 0.6 is 0 Å². The molecule has 24 heavy (non-hydrogen) atoms. The lowest BCUT2D eigenvalue weighted by Gasteiger charge is -2.15. The molecule has 3 rings (SSSR count). The number of halogens is 2. The van der Waals surface area contributed by atoms with Crippen molar-refractivity contribution in [3.63, 3.8) is 0 Å². The first-order valence-corrected chi connectivity index (χ1v) is 7.30. The maximum atomic E-state index is 13.6. The van der Waals surface area contributed by atoms with Crippen molar-refractivity contribution in [2.75, 3.05) is 5.32 Å². The van der Waals surface area contributed by atoms with E-state index in [4.69, 9.17) is 0 Å². The number of hydrogen-bond donors (Lipinski definition) is 1. The van der Waals surface area contributed by atoms with Crippen molar-refractivity contribution in [1.82, 2.24) is 4.90 Å². The molecule has 0 bridgehead atoms. The highest BCUT2D eigenvalue weighted by molar-refractivity contribution is 6.17. The van der Waals surface area contributed by atoms with Gasteiger partial charge in [-0.1, -0.05) is 30.3 Å². The van der Waals surface area contributed by atoms with Gasteiger partial charge in [-0.15, -0.1) is 0 Å². The van der Waals surface area contributed by atoms with Crippen molar-refractivity contribution in [1.29, 1.82) is 0 Å². The number of amides is 2. The molecule has 1 heterocycles. The fourth-order valence-corrected chi connectivity index (χ4v) is 2.39. The van der Waals surface area contributed by atoms with Crippen molar-refractivity contribution in [2.45, 2.75) is 13.5 Å². The Morgan fingerprint density at radius 2 is 1.67 bits per heavy atom. The first-order chi connectivity index (χ1) is 11.5. The predicted molar refractivity (Wildman–Crippen MR) is 84.8 cm³/mol. The number of nitrogens with one attached hydrogen (secondary N) is 1. The largest absolute Gasteiger partial charge is 0.351 e. The number of imide groups is 1. The fraction of sp³-hybridized carbons (Fsp3) is 0.111. The number of carbonyl (C=O) groups excluding carboxylic acids is 2. The van der Waals surface area contributed by atoms with E-state index in [1.807, 2.05) is 18.2 Å². The molecule has 4 nitrogen and oxygen atoms in total. The Balaban J connectivity index is 1.77. The molecular formula is C18H14F2N2O2. The summed E-state index contributed by atoms with van der Waals surface area (Å²) in [4.78, 5) is 25.4. The Labute approximate surface area is 137 Å². The van der Waals surface area contributed by atoms with Crippen LogP contribution in [0.4, 0.5) is 14.5 Å². The average molecular weight is 328 g/mol. The second kappa shape index (κ2) is 6.23. The number of rotatable bonds is 4. The Morgan fingerprint density at radius 1 is 1.04 bits per heavy atom. The van der Waals surface area contributed by atoms with E-state index in [0.29, 0.717) is 0 Å². The van der Waals surface area contributed by atoms with Gasteiger partial charge in [-0.05, 0) is 24.6 Å². The first kappa shape index (κ1) is 15.9. The monoisotopic (exact) mass is 328 g/mol. The summed E-state index contributed by atoms with van der Waals surface area (Å²) in [6.07, 6.45) is 1.13. The number of nitrogens with zero attached hydrogens (tertiary/aromatic N) is 1. The second-order valence-electron chi connectivity index (χ2n) is 5.46. The Bertz CT molecular complexity index is 824. The quantitative estimate of drug-likeness (QED) is 0.877. The Hall–Kier alpha value is -3.02. The van der Waals surface area contributed by atoms with E-state index in [-0.39, 0.29) is 23.5 Å². The highest BCUT2D eigenvalue weighted by Gasteiger charge is 2.31. The van der Waals surface area contributed by atoms with Crippen LogP contribution in [0.3, 0.4) is 0 Å². The number of carbonyl (C=O) groups is 2. The minimum absolute atomic E-state index is 0.0152. The van der Waals surface area contributed by atoms with Crippen LogP contribution in [-0.2, 0) is 16.1 Å². The van der Waals surface area contributed by atoms with Gasteiger partial charge in [-0.2, -0.15) is 0 Å². The van der Waals surface area contributed by atoms with Crippen LogP contribution in [0.2, 0.25) is 0 Å². The normalized spacial score (nSPS) is 14.1. The number of hydrogen-bond acceptors (Lipinski definition) is 3. The summed E-state index contributed by atoms with van der Waals surface area (Å²) in [7, 11) is 0. The summed E-state index contributed by atoms with van der Waals surface area (Å²) in [5.74, 6) is -2.46. The van der Waals surface area contributed by atoms with Crippen molar-refractivity contribution in [3.8, 4) is 0 Å². The van der Waals surface area contributed by atoms with Crippen LogP contribution in [-0.4, -0.2) is 16.7 Å². The Kier molecular flexibility index (Phi) is 4.12. The van der Waals surface area contributed by atoms with Gasteiger partial charge in [-0.3, -0.25) is 14.5 Å². The summed E-state index contributed by atoms with van der Waals surface area (Å²) in [5, 5.41) is 2.61. The molecule has 0 aromatic heterocycles. The molecule has 2 amide bonds. The van der Waals surface area contributed by atoms with Crippen LogP contribution in [0.25, 0.3) is 0 Å². The highest BCUT2D eigenvalue weighted by atomic mass is 19.1. The molecule has 2 aromatic rings. The van der Waals surface area contributed by atoms with Crippen LogP contribution in [0, 0.1) is 18.6 Å². The van der Waals surface area contributed by atoms with Crippen molar-refractivity contribution in [2.24, 2.45) is 0 Å². The van der Waals surface area contributed by atoms with E-state index in [1.54, 1.807) is 12.1 Å². The minimum Gasteiger partial charge on any atom is -0.351 e. The SMILES string of the molecule is Cc1c(F)cc(NC2=CC(=O)N(Cc3ccccc3)C2=O)cc1F. The molecule has 1 N–H and O–H groups in total. The van der Waals surface area contributed by atoms with Gasteiger partial charge in [0.25, 0.3) is 11.8 Å². The molecule has 6 heteroatoms. The third-order valence-corrected chi connectivity index (χ3v) is 3.75. The molecule has 0 radical (unpaired) electrons. The van der Waals surface area contributed by atoms with E-state index in [1.165, 1.54) is 6.92 Å². The lowest BCUT2D eigenvalue weighted by atomic mass is 10.2. The molecule has 0 atom stereocenters. The summed E-state index contributed by atoms with van der Waals surface area (Å²) >= 11 is 0. The molecular weight excluding hydrogens is 314 g/mol. The molecule has 1 aliphatic rings. The fourth-order valence-electron chi connectivity index (χ4n) is 2.39. The summed E-state index contributed by atoms with van der Waals surface area (Å²) < 4.78 is 27.2. The van der Waals surface area contributed by atoms with Gasteiger partial charge >= 0.3 is 0 Å². The molecule has 0 fully saturated rings. The average Bonchev–Trinajstić information content (AvgIpc) is 2.81. The molecule has 0 saturated carbocycles. The van der Waals surface area contributed by atoms with Crippen LogP contribution in [0.5, 0.6) is 0 Å². The zero-order valence-corrected chi connectivity index (χ0v) is 12.8. The number of anilines is 1. The number of benzene rings is 2. The maximum absolute atomic E-state index is 13.6. The van der Waals surface area contributed by atoms with Crippen LogP contribution < -0.4 is 5.32 Å². The van der Waals surface area contributed by atoms with Gasteiger partial charge in [0.05, 0.1) is 6.54 Å². The van der Waals surface area contributed by atoms with Crippen molar-refractivity contribution < 1.29 is 18.4 Å². The molecule has 0 spiro atoms. The molecule has 1 aliphatic heterocycles. The summed E-state index contributed by atoms with van der Waals surface area (Å²) in [6.45, 7) is 1.45. The zero-order chi connectivity index (χ0) is 17.3. The van der Waals surface area contributed by atoms with Gasteiger partial charge in [0, 0.05) is 17.3 Å². The molecule has 122 valence electrons. The highest BCUT2D eigenvalue weighted by Crippen LogP contribution is 2.22. The summed E-state index contributed by atoms with van der Waals surface area (Å²) in [6, 6.07) is 11.2. The maximum Gasteiger partial charge on any atom is 0.277 e. The predicted octanol–water partition coefficient (Wildman–Crippen LogP) is 3.14. The first-order valence-electron chi connectivity index (χ1n) is 7.30. The smallest absolute Gasteiger partial charge is 0.277 e. The molecule has 0 saturated heterocycles.